The molecule has 0 spiro atoms. The highest BCUT2D eigenvalue weighted by Gasteiger charge is 2.23. The molecule has 8 nitrogen and oxygen atoms in total. The summed E-state index contributed by atoms with van der Waals surface area (Å²) in [6.45, 7) is 3.57. The number of primary amides is 1. The Morgan fingerprint density at radius 1 is 0.964 bits per heavy atom. The smallest absolute Gasteiger partial charge is 0.303 e. The third-order valence-electron chi connectivity index (χ3n) is 4.52. The van der Waals surface area contributed by atoms with Gasteiger partial charge in [-0.2, -0.15) is 0 Å². The average Bonchev–Trinajstić information content (AvgIpc) is 2.67. The van der Waals surface area contributed by atoms with Gasteiger partial charge >= 0.3 is 5.97 Å². The summed E-state index contributed by atoms with van der Waals surface area (Å²) in [5, 5.41) is 11.6. The molecule has 0 aliphatic rings. The minimum Gasteiger partial charge on any atom is -0.481 e. The van der Waals surface area contributed by atoms with E-state index in [1.807, 2.05) is 0 Å². The predicted octanol–water partition coefficient (Wildman–Crippen LogP) is 2.25. The zero-order valence-electron chi connectivity index (χ0n) is 18.2. The van der Waals surface area contributed by atoms with Crippen LogP contribution in [0.3, 0.4) is 0 Å². The van der Waals surface area contributed by atoms with Crippen LogP contribution in [0.2, 0.25) is 1.41 Å². The van der Waals surface area contributed by atoms with E-state index in [1.54, 1.807) is 0 Å². The van der Waals surface area contributed by atoms with E-state index in [-0.39, 0.29) is 19.3 Å². The highest BCUT2D eigenvalue weighted by atomic mass is 16.4. The second kappa shape index (κ2) is 15.9. The van der Waals surface area contributed by atoms with E-state index in [4.69, 9.17) is 12.3 Å². The number of carboxylic acid groups (broad SMARTS) is 1. The van der Waals surface area contributed by atoms with Crippen LogP contribution in [0.15, 0.2) is 0 Å². The molecular formula is C20H37N3O5. The van der Waals surface area contributed by atoms with Gasteiger partial charge in [-0.15, -0.1) is 0 Å². The third kappa shape index (κ3) is 14.0. The summed E-state index contributed by atoms with van der Waals surface area (Å²) in [6, 6.07) is -2.25. The van der Waals surface area contributed by atoms with Crippen LogP contribution >= 0.6 is 0 Å². The van der Waals surface area contributed by atoms with Crippen molar-refractivity contribution >= 4 is 23.7 Å². The van der Waals surface area contributed by atoms with Gasteiger partial charge in [0.05, 0.1) is 0 Å². The maximum absolute atomic E-state index is 12.2. The molecule has 0 saturated carbocycles. The molecule has 28 heavy (non-hydrogen) atoms. The Bertz CT molecular complexity index is 530. The maximum Gasteiger partial charge on any atom is 0.303 e. The van der Waals surface area contributed by atoms with E-state index in [1.165, 1.54) is 39.0 Å². The predicted molar refractivity (Wildman–Crippen MR) is 107 cm³/mol. The minimum atomic E-state index is -1.15. The van der Waals surface area contributed by atoms with Crippen LogP contribution in [0.1, 0.15) is 90.9 Å². The van der Waals surface area contributed by atoms with Crippen molar-refractivity contribution in [3.63, 3.8) is 0 Å². The molecule has 0 aromatic rings. The molecule has 0 aromatic heterocycles. The van der Waals surface area contributed by atoms with Crippen LogP contribution in [-0.4, -0.2) is 40.9 Å². The van der Waals surface area contributed by atoms with Crippen molar-refractivity contribution in [3.05, 3.63) is 0 Å². The summed E-state index contributed by atoms with van der Waals surface area (Å²) < 4.78 is 7.86. The number of amides is 3. The fraction of sp³-hybridized carbons (Fsp3) is 0.800. The highest BCUT2D eigenvalue weighted by molar-refractivity contribution is 5.91. The first kappa shape index (κ1) is 23.9. The number of nitrogens with two attached hydrogens (primary N) is 1. The van der Waals surface area contributed by atoms with E-state index in [0.29, 0.717) is 11.7 Å². The standard InChI is InChI=1S/C20H37N3O5/c1-3-4-5-6-7-8-9-10-11-12-17(24)22-15(2)20(28)23-16(19(21)27)13-14-18(25)26/h15-16H,3-14H2,1-2H3,(H2,21,27)(H,22,24)(H,23,28)(H,25,26)/t15-,16-/m0/s1/i/hD. The lowest BCUT2D eigenvalue weighted by atomic mass is 10.1. The molecule has 162 valence electrons. The van der Waals surface area contributed by atoms with Gasteiger partial charge in [0.1, 0.15) is 12.1 Å². The van der Waals surface area contributed by atoms with Gasteiger partial charge in [0.2, 0.25) is 17.7 Å². The van der Waals surface area contributed by atoms with Gasteiger partial charge in [0, 0.05) is 12.8 Å². The number of carbonyl (C=O) groups is 4. The fourth-order valence-corrected chi connectivity index (χ4v) is 2.77. The summed E-state index contributed by atoms with van der Waals surface area (Å²) in [6.07, 6.45) is 9.73. The third-order valence-corrected chi connectivity index (χ3v) is 4.52. The maximum atomic E-state index is 12.2. The van der Waals surface area contributed by atoms with Crippen LogP contribution in [0, 0.1) is 0 Å². The first-order valence-electron chi connectivity index (χ1n) is 10.8. The Morgan fingerprint density at radius 2 is 1.50 bits per heavy atom. The second-order valence-electron chi connectivity index (χ2n) is 7.17. The molecule has 0 aromatic carbocycles. The second-order valence-corrected chi connectivity index (χ2v) is 7.17. The van der Waals surface area contributed by atoms with Gasteiger partial charge in [-0.25, -0.2) is 0 Å². The van der Waals surface area contributed by atoms with E-state index in [0.717, 1.165) is 19.3 Å². The van der Waals surface area contributed by atoms with Crippen LogP contribution < -0.4 is 16.4 Å². The lowest BCUT2D eigenvalue weighted by Crippen LogP contribution is -2.51. The van der Waals surface area contributed by atoms with Gasteiger partial charge in [-0.1, -0.05) is 58.3 Å². The number of hydrogen-bond acceptors (Lipinski definition) is 4. The van der Waals surface area contributed by atoms with Crippen LogP contribution in [0.4, 0.5) is 0 Å². The summed E-state index contributed by atoms with van der Waals surface area (Å²) in [7, 11) is 0. The van der Waals surface area contributed by atoms with E-state index < -0.39 is 35.8 Å². The number of nitrogens with one attached hydrogen (secondary N) is 2. The number of aliphatic carboxylic acids is 1. The van der Waals surface area contributed by atoms with E-state index >= 15 is 0 Å². The van der Waals surface area contributed by atoms with E-state index in [9.17, 15) is 19.2 Å². The van der Waals surface area contributed by atoms with Crippen LogP contribution in [0.25, 0.3) is 0 Å². The quantitative estimate of drug-likeness (QED) is 0.277. The van der Waals surface area contributed by atoms with Crippen molar-refractivity contribution < 1.29 is 25.7 Å². The Kier molecular flexibility index (Phi) is 13.6. The monoisotopic (exact) mass is 400 g/mol. The molecule has 0 rings (SSSR count). The minimum absolute atomic E-state index is 0.145. The Hall–Kier alpha value is -2.12. The van der Waals surface area contributed by atoms with E-state index in [2.05, 4.69) is 12.2 Å². The molecule has 0 bridgehead atoms. The lowest BCUT2D eigenvalue weighted by Gasteiger charge is -2.19. The van der Waals surface area contributed by atoms with Gasteiger partial charge in [0.15, 0.2) is 1.41 Å². The van der Waals surface area contributed by atoms with Crippen molar-refractivity contribution in [2.45, 2.75) is 103 Å². The van der Waals surface area contributed by atoms with Gasteiger partial charge in [-0.3, -0.25) is 19.2 Å². The van der Waals surface area contributed by atoms with Crippen molar-refractivity contribution in [3.8, 4) is 0 Å². The number of carboxylic acids is 1. The fourth-order valence-electron chi connectivity index (χ4n) is 2.77. The van der Waals surface area contributed by atoms with Crippen LogP contribution in [-0.2, 0) is 19.2 Å². The summed E-state index contributed by atoms with van der Waals surface area (Å²) in [5.74, 6) is -3.15. The van der Waals surface area contributed by atoms with Gasteiger partial charge in [-0.05, 0) is 19.8 Å². The lowest BCUT2D eigenvalue weighted by molar-refractivity contribution is -0.137. The molecule has 0 fully saturated rings. The number of hydrogen-bond donors (Lipinski definition) is 4. The van der Waals surface area contributed by atoms with Gasteiger partial charge in [0.25, 0.3) is 0 Å². The summed E-state index contributed by atoms with van der Waals surface area (Å²) in [5.41, 5.74) is 5.17. The molecule has 0 aliphatic carbocycles. The molecule has 0 saturated heterocycles. The molecule has 3 amide bonds. The van der Waals surface area contributed by atoms with Crippen molar-refractivity contribution in [1.82, 2.24) is 10.6 Å². The largest absolute Gasteiger partial charge is 0.481 e. The molecular weight excluding hydrogens is 362 g/mol. The summed E-state index contributed by atoms with van der Waals surface area (Å²) >= 11 is 0. The zero-order valence-corrected chi connectivity index (χ0v) is 17.2. The molecule has 2 atom stereocenters. The SMILES string of the molecule is [2H]N(C(=O)CCCCCCCCCCC)[C@@H](C)C(=O)N[C@@H](CCC(=O)O)C(N)=O. The Labute approximate surface area is 169 Å². The highest BCUT2D eigenvalue weighted by Crippen LogP contribution is 2.10. The molecule has 0 aliphatic heterocycles. The molecule has 0 unspecified atom stereocenters. The molecule has 0 radical (unpaired) electrons. The molecule has 0 heterocycles. The van der Waals surface area contributed by atoms with Crippen molar-refractivity contribution in [2.24, 2.45) is 5.73 Å². The number of carbonyl (C=O) groups excluding carboxylic acids is 3. The molecule has 5 N–H and O–H groups in total. The number of unbranched alkanes of at least 4 members (excludes halogenated alkanes) is 8. The molecule has 8 heteroatoms. The zero-order chi connectivity index (χ0) is 22.2. The Morgan fingerprint density at radius 3 is 2.00 bits per heavy atom. The van der Waals surface area contributed by atoms with Crippen LogP contribution in [0.5, 0.6) is 0 Å². The number of rotatable bonds is 17. The average molecular weight is 401 g/mol. The Balaban J connectivity index is 4.19. The van der Waals surface area contributed by atoms with Crippen molar-refractivity contribution in [1.29, 1.82) is 0 Å². The summed E-state index contributed by atoms with van der Waals surface area (Å²) in [4.78, 5) is 46.3. The normalized spacial score (nSPS) is 13.3. The van der Waals surface area contributed by atoms with Crippen molar-refractivity contribution in [2.75, 3.05) is 0 Å². The van der Waals surface area contributed by atoms with Gasteiger partial charge < -0.3 is 21.5 Å². The topological polar surface area (TPSA) is 139 Å². The first-order valence-corrected chi connectivity index (χ1v) is 10.3. The first-order chi connectivity index (χ1) is 13.7.